The van der Waals surface area contributed by atoms with Crippen LogP contribution in [0.4, 0.5) is 23.8 Å². The zero-order valence-electron chi connectivity index (χ0n) is 20.6. The smallest absolute Gasteiger partial charge is 0.416 e. The van der Waals surface area contributed by atoms with Crippen molar-refractivity contribution in [1.82, 2.24) is 24.4 Å². The maximum Gasteiger partial charge on any atom is 0.416 e. The summed E-state index contributed by atoms with van der Waals surface area (Å²) in [5.41, 5.74) is -0.0945. The summed E-state index contributed by atoms with van der Waals surface area (Å²) in [6.45, 7) is 12.3. The van der Waals surface area contributed by atoms with E-state index in [9.17, 15) is 18.0 Å². The van der Waals surface area contributed by atoms with E-state index >= 15 is 0 Å². The Morgan fingerprint density at radius 2 is 1.80 bits per heavy atom. The number of fused-ring (bicyclic) bond motifs is 1. The van der Waals surface area contributed by atoms with E-state index in [0.717, 1.165) is 29.3 Å². The first kappa shape index (κ1) is 24.7. The minimum Gasteiger partial charge on any atom is -0.444 e. The third-order valence-electron chi connectivity index (χ3n) is 5.96. The molecule has 4 heterocycles. The van der Waals surface area contributed by atoms with Gasteiger partial charge in [-0.05, 0) is 59.2 Å². The van der Waals surface area contributed by atoms with Crippen molar-refractivity contribution in [2.24, 2.45) is 0 Å². The first-order chi connectivity index (χ1) is 16.3. The van der Waals surface area contributed by atoms with Crippen molar-refractivity contribution < 1.29 is 22.7 Å². The predicted octanol–water partition coefficient (Wildman–Crippen LogP) is 4.98. The molecule has 2 atom stereocenters. The van der Waals surface area contributed by atoms with Crippen molar-refractivity contribution in [1.29, 1.82) is 0 Å². The molecule has 0 saturated carbocycles. The number of aromatic nitrogens is 4. The lowest BCUT2D eigenvalue weighted by molar-refractivity contribution is -0.137. The van der Waals surface area contributed by atoms with Crippen molar-refractivity contribution in [2.75, 3.05) is 18.0 Å². The van der Waals surface area contributed by atoms with E-state index in [0.29, 0.717) is 24.6 Å². The maximum atomic E-state index is 13.3. The Balaban J connectivity index is 1.70. The van der Waals surface area contributed by atoms with Crippen molar-refractivity contribution >= 4 is 22.9 Å². The van der Waals surface area contributed by atoms with Crippen molar-refractivity contribution in [3.8, 4) is 5.82 Å². The van der Waals surface area contributed by atoms with Crippen LogP contribution in [0.2, 0.25) is 0 Å². The van der Waals surface area contributed by atoms with Crippen LogP contribution in [-0.2, 0) is 10.9 Å². The molecule has 188 valence electrons. The molecule has 1 saturated heterocycles. The van der Waals surface area contributed by atoms with E-state index in [1.807, 2.05) is 41.5 Å². The number of alkyl halides is 3. The molecule has 11 heteroatoms. The Bertz CT molecular complexity index is 1250. The van der Waals surface area contributed by atoms with Gasteiger partial charge in [0.15, 0.2) is 5.65 Å². The number of ether oxygens (including phenoxy) is 1. The van der Waals surface area contributed by atoms with Gasteiger partial charge in [-0.15, -0.1) is 0 Å². The van der Waals surface area contributed by atoms with Crippen LogP contribution in [0.5, 0.6) is 0 Å². The molecule has 1 amide bonds. The molecule has 8 nitrogen and oxygen atoms in total. The van der Waals surface area contributed by atoms with Crippen molar-refractivity contribution in [3.05, 3.63) is 42.0 Å². The molecule has 0 spiro atoms. The number of hydrogen-bond donors (Lipinski definition) is 0. The molecule has 3 aromatic heterocycles. The van der Waals surface area contributed by atoms with Crippen LogP contribution in [0, 0.1) is 6.92 Å². The normalized spacial score (nSPS) is 19.3. The van der Waals surface area contributed by atoms with Gasteiger partial charge in [-0.1, -0.05) is 0 Å². The molecular weight excluding hydrogens is 461 g/mol. The molecule has 0 N–H and O–H groups in total. The average molecular weight is 491 g/mol. The number of rotatable bonds is 2. The van der Waals surface area contributed by atoms with Crippen LogP contribution >= 0.6 is 0 Å². The molecule has 2 unspecified atom stereocenters. The average Bonchev–Trinajstić information content (AvgIpc) is 3.10. The van der Waals surface area contributed by atoms with Gasteiger partial charge < -0.3 is 14.5 Å². The number of amides is 1. The molecule has 0 bridgehead atoms. The fourth-order valence-electron chi connectivity index (χ4n) is 4.34. The molecule has 0 radical (unpaired) electrons. The summed E-state index contributed by atoms with van der Waals surface area (Å²) in [4.78, 5) is 29.6. The molecular formula is C24H29F3N6O2. The molecule has 0 aliphatic carbocycles. The number of hydrogen-bond acceptors (Lipinski definition) is 6. The van der Waals surface area contributed by atoms with E-state index in [1.165, 1.54) is 6.33 Å². The molecule has 4 rings (SSSR count). The van der Waals surface area contributed by atoms with Gasteiger partial charge in [0.1, 0.15) is 23.6 Å². The summed E-state index contributed by atoms with van der Waals surface area (Å²) >= 11 is 0. The zero-order chi connectivity index (χ0) is 25.7. The standard InChI is InChI=1S/C24H29F3N6O2/c1-14-10-33(18-9-17(7-8-28-18)24(25,26)27)21-19(14)20(29-13-30-21)31-11-16(3)32(12-15(31)2)22(34)35-23(4,5)6/h7-10,13,15-16H,11-12H2,1-6H3. The summed E-state index contributed by atoms with van der Waals surface area (Å²) in [5, 5.41) is 0.733. The fourth-order valence-corrected chi connectivity index (χ4v) is 4.34. The SMILES string of the molecule is Cc1cn(-c2cc(C(F)(F)F)ccn2)c2ncnc(N3CC(C)N(C(=O)OC(C)(C)C)CC3C)c12. The predicted molar refractivity (Wildman–Crippen MR) is 126 cm³/mol. The molecule has 1 aliphatic rings. The maximum absolute atomic E-state index is 13.3. The van der Waals surface area contributed by atoms with Gasteiger partial charge in [0.25, 0.3) is 0 Å². The van der Waals surface area contributed by atoms with Gasteiger partial charge in [0.05, 0.1) is 10.9 Å². The highest BCUT2D eigenvalue weighted by Crippen LogP contribution is 2.34. The first-order valence-corrected chi connectivity index (χ1v) is 11.4. The highest BCUT2D eigenvalue weighted by molar-refractivity contribution is 5.92. The molecule has 1 fully saturated rings. The number of carbonyl (C=O) groups is 1. The lowest BCUT2D eigenvalue weighted by atomic mass is 10.1. The van der Waals surface area contributed by atoms with E-state index in [-0.39, 0.29) is 24.0 Å². The minimum atomic E-state index is -4.48. The summed E-state index contributed by atoms with van der Waals surface area (Å²) in [6, 6.07) is 1.73. The van der Waals surface area contributed by atoms with Gasteiger partial charge in [-0.3, -0.25) is 4.57 Å². The second-order valence-electron chi connectivity index (χ2n) is 9.96. The fraction of sp³-hybridized carbons (Fsp3) is 0.500. The Kier molecular flexibility index (Phi) is 6.14. The van der Waals surface area contributed by atoms with Crippen LogP contribution in [-0.4, -0.2) is 61.3 Å². The van der Waals surface area contributed by atoms with Crippen LogP contribution in [0.1, 0.15) is 45.7 Å². The third kappa shape index (κ3) is 4.89. The Morgan fingerprint density at radius 3 is 2.46 bits per heavy atom. The summed E-state index contributed by atoms with van der Waals surface area (Å²) < 4.78 is 46.9. The van der Waals surface area contributed by atoms with Gasteiger partial charge in [0, 0.05) is 37.6 Å². The van der Waals surface area contributed by atoms with E-state index in [1.54, 1.807) is 15.7 Å². The van der Waals surface area contributed by atoms with Crippen LogP contribution in [0.3, 0.4) is 0 Å². The number of anilines is 1. The highest BCUT2D eigenvalue weighted by atomic mass is 19.4. The van der Waals surface area contributed by atoms with Crippen LogP contribution in [0.25, 0.3) is 16.9 Å². The second kappa shape index (κ2) is 8.69. The Labute approximate surface area is 201 Å². The lowest BCUT2D eigenvalue weighted by Gasteiger charge is -2.44. The topological polar surface area (TPSA) is 76.4 Å². The minimum absolute atomic E-state index is 0.0775. The van der Waals surface area contributed by atoms with Crippen LogP contribution < -0.4 is 4.90 Å². The zero-order valence-corrected chi connectivity index (χ0v) is 20.6. The first-order valence-electron chi connectivity index (χ1n) is 11.4. The summed E-state index contributed by atoms with van der Waals surface area (Å²) in [5.74, 6) is 0.792. The summed E-state index contributed by atoms with van der Waals surface area (Å²) in [6.07, 6.45) is -0.576. The van der Waals surface area contributed by atoms with Gasteiger partial charge >= 0.3 is 12.3 Å². The molecule has 1 aliphatic heterocycles. The number of carbonyl (C=O) groups excluding carboxylic acids is 1. The highest BCUT2D eigenvalue weighted by Gasteiger charge is 2.36. The Hall–Kier alpha value is -3.37. The lowest BCUT2D eigenvalue weighted by Crippen LogP contribution is -2.59. The number of pyridine rings is 1. The molecule has 0 aromatic carbocycles. The van der Waals surface area contributed by atoms with Gasteiger partial charge in [-0.2, -0.15) is 13.2 Å². The molecule has 3 aromatic rings. The Morgan fingerprint density at radius 1 is 1.09 bits per heavy atom. The third-order valence-corrected chi connectivity index (χ3v) is 5.96. The largest absolute Gasteiger partial charge is 0.444 e. The number of nitrogens with zero attached hydrogens (tertiary/aromatic N) is 6. The second-order valence-corrected chi connectivity index (χ2v) is 9.96. The monoisotopic (exact) mass is 490 g/mol. The van der Waals surface area contributed by atoms with Gasteiger partial charge in [-0.25, -0.2) is 19.7 Å². The molecule has 35 heavy (non-hydrogen) atoms. The van der Waals surface area contributed by atoms with Crippen molar-refractivity contribution in [2.45, 2.75) is 65.4 Å². The van der Waals surface area contributed by atoms with E-state index in [2.05, 4.69) is 19.9 Å². The quantitative estimate of drug-likeness (QED) is 0.505. The number of aryl methyl sites for hydroxylation is 1. The number of piperazine rings is 1. The van der Waals surface area contributed by atoms with Gasteiger partial charge in [0.2, 0.25) is 0 Å². The van der Waals surface area contributed by atoms with E-state index in [4.69, 9.17) is 4.74 Å². The number of halogens is 3. The summed E-state index contributed by atoms with van der Waals surface area (Å²) in [7, 11) is 0. The van der Waals surface area contributed by atoms with E-state index < -0.39 is 17.3 Å². The van der Waals surface area contributed by atoms with Crippen LogP contribution in [0.15, 0.2) is 30.9 Å². The van der Waals surface area contributed by atoms with Crippen molar-refractivity contribution in [3.63, 3.8) is 0 Å².